The van der Waals surface area contributed by atoms with Gasteiger partial charge in [-0.05, 0) is 42.4 Å². The fourth-order valence-electron chi connectivity index (χ4n) is 4.81. The molecule has 17 heavy (non-hydrogen) atoms. The number of rotatable bonds is 0. The second-order valence-electron chi connectivity index (χ2n) is 6.83. The van der Waals surface area contributed by atoms with Gasteiger partial charge in [0, 0.05) is 12.3 Å². The van der Waals surface area contributed by atoms with Crippen LogP contribution in [-0.4, -0.2) is 5.78 Å². The molecule has 1 heteroatoms. The molecule has 3 rings (SSSR count). The number of Topliss-reactive ketones (excluding diaryl/α,β-unsaturated/α-hetero) is 1. The third kappa shape index (κ3) is 1.70. The van der Waals surface area contributed by atoms with E-state index >= 15 is 0 Å². The van der Waals surface area contributed by atoms with E-state index in [0.29, 0.717) is 34.9 Å². The molecule has 0 unspecified atom stereocenters. The summed E-state index contributed by atoms with van der Waals surface area (Å²) in [6.45, 7) is 4.70. The van der Waals surface area contributed by atoms with Gasteiger partial charge in [-0.1, -0.05) is 38.8 Å². The molecule has 0 aromatic rings. The first kappa shape index (κ1) is 11.5. The number of carbonyl (C=O) groups excluding carboxylic acids is 1. The van der Waals surface area contributed by atoms with Gasteiger partial charge in [0.15, 0.2) is 0 Å². The minimum Gasteiger partial charge on any atom is -0.299 e. The van der Waals surface area contributed by atoms with Gasteiger partial charge >= 0.3 is 0 Å². The Morgan fingerprint density at radius 3 is 2.88 bits per heavy atom. The molecule has 0 amide bonds. The second kappa shape index (κ2) is 3.96. The van der Waals surface area contributed by atoms with Crippen LogP contribution in [-0.2, 0) is 4.79 Å². The Kier molecular flexibility index (Phi) is 2.68. The molecule has 0 aromatic carbocycles. The van der Waals surface area contributed by atoms with Crippen molar-refractivity contribution in [2.45, 2.75) is 52.4 Å². The molecule has 2 saturated carbocycles. The Morgan fingerprint density at radius 2 is 2.06 bits per heavy atom. The van der Waals surface area contributed by atoms with E-state index in [-0.39, 0.29) is 0 Å². The summed E-state index contributed by atoms with van der Waals surface area (Å²) in [7, 11) is 0. The van der Waals surface area contributed by atoms with Gasteiger partial charge < -0.3 is 0 Å². The Labute approximate surface area is 105 Å². The number of hydrogen-bond donors (Lipinski definition) is 0. The van der Waals surface area contributed by atoms with Crippen molar-refractivity contribution >= 4 is 5.78 Å². The van der Waals surface area contributed by atoms with E-state index in [1.807, 2.05) is 0 Å². The van der Waals surface area contributed by atoms with Gasteiger partial charge in [-0.3, -0.25) is 4.79 Å². The topological polar surface area (TPSA) is 17.1 Å². The van der Waals surface area contributed by atoms with Crippen molar-refractivity contribution in [3.05, 3.63) is 12.2 Å². The van der Waals surface area contributed by atoms with E-state index in [4.69, 9.17) is 0 Å². The number of allylic oxidation sites excluding steroid dienone is 2. The lowest BCUT2D eigenvalue weighted by molar-refractivity contribution is -0.135. The van der Waals surface area contributed by atoms with Crippen LogP contribution in [0.1, 0.15) is 52.4 Å². The van der Waals surface area contributed by atoms with Gasteiger partial charge in [0.1, 0.15) is 5.78 Å². The predicted molar refractivity (Wildman–Crippen MR) is 69.6 cm³/mol. The van der Waals surface area contributed by atoms with Crippen LogP contribution >= 0.6 is 0 Å². The normalized spacial score (nSPS) is 49.6. The van der Waals surface area contributed by atoms with Crippen molar-refractivity contribution in [3.63, 3.8) is 0 Å². The molecule has 0 saturated heterocycles. The Balaban J connectivity index is 2.04. The van der Waals surface area contributed by atoms with Crippen LogP contribution in [0.25, 0.3) is 0 Å². The largest absolute Gasteiger partial charge is 0.299 e. The quantitative estimate of drug-likeness (QED) is 0.577. The summed E-state index contributed by atoms with van der Waals surface area (Å²) in [6.07, 6.45) is 12.1. The SMILES string of the molecule is C[C@H]1C=C[C@H]2CCCC[C@@]3(C)CCC(=O)[C@H]1[C@@H]23. The maximum atomic E-state index is 12.3. The fraction of sp³-hybridized carbons (Fsp3) is 0.812. The van der Waals surface area contributed by atoms with E-state index in [2.05, 4.69) is 26.0 Å². The average Bonchev–Trinajstić information content (AvgIpc) is 2.47. The Morgan fingerprint density at radius 1 is 1.24 bits per heavy atom. The van der Waals surface area contributed by atoms with Crippen molar-refractivity contribution in [2.24, 2.45) is 29.1 Å². The average molecular weight is 232 g/mol. The molecule has 3 aliphatic rings. The summed E-state index contributed by atoms with van der Waals surface area (Å²) >= 11 is 0. The predicted octanol–water partition coefficient (Wildman–Crippen LogP) is 3.98. The fourth-order valence-corrected chi connectivity index (χ4v) is 4.81. The molecule has 0 spiro atoms. The van der Waals surface area contributed by atoms with Gasteiger partial charge in [0.2, 0.25) is 0 Å². The van der Waals surface area contributed by atoms with E-state index in [9.17, 15) is 4.79 Å². The summed E-state index contributed by atoms with van der Waals surface area (Å²) in [5.41, 5.74) is 0.443. The first-order valence-corrected chi connectivity index (χ1v) is 7.33. The molecule has 0 radical (unpaired) electrons. The molecule has 0 heterocycles. The minimum atomic E-state index is 0.335. The molecule has 0 aromatic heterocycles. The molecule has 5 atom stereocenters. The molecule has 0 aliphatic heterocycles. The zero-order valence-electron chi connectivity index (χ0n) is 11.1. The molecule has 1 nitrogen and oxygen atoms in total. The lowest BCUT2D eigenvalue weighted by atomic mass is 9.53. The first-order chi connectivity index (χ1) is 8.12. The number of hydrogen-bond acceptors (Lipinski definition) is 1. The Hall–Kier alpha value is -0.590. The zero-order valence-corrected chi connectivity index (χ0v) is 11.1. The van der Waals surface area contributed by atoms with Crippen LogP contribution < -0.4 is 0 Å². The van der Waals surface area contributed by atoms with Crippen molar-refractivity contribution in [1.82, 2.24) is 0 Å². The lowest BCUT2D eigenvalue weighted by Crippen LogP contribution is -2.48. The summed E-state index contributed by atoms with van der Waals surface area (Å²) in [4.78, 5) is 12.3. The van der Waals surface area contributed by atoms with Crippen molar-refractivity contribution in [1.29, 1.82) is 0 Å². The molecule has 2 fully saturated rings. The van der Waals surface area contributed by atoms with E-state index in [0.717, 1.165) is 12.8 Å². The highest BCUT2D eigenvalue weighted by Gasteiger charge is 2.51. The van der Waals surface area contributed by atoms with Crippen LogP contribution in [0.15, 0.2) is 12.2 Å². The van der Waals surface area contributed by atoms with Gasteiger partial charge in [-0.2, -0.15) is 0 Å². The highest BCUT2D eigenvalue weighted by atomic mass is 16.1. The summed E-state index contributed by atoms with van der Waals surface area (Å²) in [5, 5.41) is 0. The van der Waals surface area contributed by atoms with Gasteiger partial charge in [0.25, 0.3) is 0 Å². The molecule has 3 aliphatic carbocycles. The van der Waals surface area contributed by atoms with Gasteiger partial charge in [0.05, 0.1) is 0 Å². The van der Waals surface area contributed by atoms with Crippen LogP contribution in [0.5, 0.6) is 0 Å². The molecule has 0 N–H and O–H groups in total. The summed E-state index contributed by atoms with van der Waals surface area (Å²) < 4.78 is 0. The molecule has 0 bridgehead atoms. The highest BCUT2D eigenvalue weighted by molar-refractivity contribution is 5.83. The van der Waals surface area contributed by atoms with Gasteiger partial charge in [-0.15, -0.1) is 0 Å². The van der Waals surface area contributed by atoms with Crippen molar-refractivity contribution in [3.8, 4) is 0 Å². The molecular weight excluding hydrogens is 208 g/mol. The van der Waals surface area contributed by atoms with Crippen LogP contribution in [0, 0.1) is 29.1 Å². The molecular formula is C16H24O. The van der Waals surface area contributed by atoms with E-state index in [1.165, 1.54) is 25.7 Å². The highest BCUT2D eigenvalue weighted by Crippen LogP contribution is 2.56. The van der Waals surface area contributed by atoms with Crippen LogP contribution in [0.4, 0.5) is 0 Å². The summed E-state index contributed by atoms with van der Waals surface area (Å²) in [6, 6.07) is 0. The summed E-state index contributed by atoms with van der Waals surface area (Å²) in [5.74, 6) is 2.69. The number of ketones is 1. The van der Waals surface area contributed by atoms with Gasteiger partial charge in [-0.25, -0.2) is 0 Å². The smallest absolute Gasteiger partial charge is 0.136 e. The van der Waals surface area contributed by atoms with Crippen molar-refractivity contribution in [2.75, 3.05) is 0 Å². The standard InChI is InChI=1S/C16H24O/c1-11-6-7-12-5-3-4-9-16(2)10-8-13(17)14(11)15(12)16/h6-7,11-12,14-15H,3-5,8-10H2,1-2H3/t11-,12+,14-,15+,16-/m0/s1. The maximum Gasteiger partial charge on any atom is 0.136 e. The monoisotopic (exact) mass is 232 g/mol. The third-order valence-electron chi connectivity index (χ3n) is 5.73. The third-order valence-corrected chi connectivity index (χ3v) is 5.73. The maximum absolute atomic E-state index is 12.3. The van der Waals surface area contributed by atoms with E-state index in [1.54, 1.807) is 0 Å². The lowest BCUT2D eigenvalue weighted by Gasteiger charge is -2.50. The van der Waals surface area contributed by atoms with E-state index < -0.39 is 0 Å². The van der Waals surface area contributed by atoms with Crippen molar-refractivity contribution < 1.29 is 4.79 Å². The second-order valence-corrected chi connectivity index (χ2v) is 6.83. The number of carbonyl (C=O) groups is 1. The minimum absolute atomic E-state index is 0.335. The first-order valence-electron chi connectivity index (χ1n) is 7.33. The Bertz CT molecular complexity index is 357. The van der Waals surface area contributed by atoms with Crippen LogP contribution in [0.3, 0.4) is 0 Å². The molecule has 94 valence electrons. The zero-order chi connectivity index (χ0) is 12.0. The van der Waals surface area contributed by atoms with Crippen LogP contribution in [0.2, 0.25) is 0 Å².